The van der Waals surface area contributed by atoms with Crippen LogP contribution < -0.4 is 11.1 Å². The van der Waals surface area contributed by atoms with E-state index in [9.17, 15) is 23.7 Å². The third-order valence-electron chi connectivity index (χ3n) is 3.70. The second-order valence-electron chi connectivity index (χ2n) is 5.14. The van der Waals surface area contributed by atoms with E-state index in [-0.39, 0.29) is 23.6 Å². The second-order valence-corrected chi connectivity index (χ2v) is 5.14. The number of benzene rings is 1. The number of nitro benzene ring substituents is 1. The largest absolute Gasteiger partial charge is 0.377 e. The van der Waals surface area contributed by atoms with E-state index in [1.165, 1.54) is 0 Å². The summed E-state index contributed by atoms with van der Waals surface area (Å²) < 4.78 is 26.7. The van der Waals surface area contributed by atoms with Crippen LogP contribution in [0.3, 0.4) is 0 Å². The van der Waals surface area contributed by atoms with Gasteiger partial charge in [-0.05, 0) is 25.7 Å². The maximum Gasteiger partial charge on any atom is 0.327 e. The van der Waals surface area contributed by atoms with Gasteiger partial charge in [0, 0.05) is 24.1 Å². The normalized spacial score (nSPS) is 21.8. The molecule has 6 nitrogen and oxygen atoms in total. The average Bonchev–Trinajstić information content (AvgIpc) is 2.37. The first-order valence-electron chi connectivity index (χ1n) is 6.57. The third kappa shape index (κ3) is 3.45. The molecule has 21 heavy (non-hydrogen) atoms. The van der Waals surface area contributed by atoms with E-state index in [4.69, 9.17) is 5.73 Å². The molecule has 1 saturated carbocycles. The quantitative estimate of drug-likeness (QED) is 0.658. The van der Waals surface area contributed by atoms with Crippen LogP contribution in [0.2, 0.25) is 0 Å². The Balaban J connectivity index is 2.13. The number of hydrogen-bond donors (Lipinski definition) is 2. The monoisotopic (exact) mass is 299 g/mol. The molecule has 0 heterocycles. The number of carbonyl (C=O) groups excluding carboxylic acids is 1. The van der Waals surface area contributed by atoms with Crippen molar-refractivity contribution in [3.8, 4) is 0 Å². The number of hydrogen-bond acceptors (Lipinski definition) is 4. The fourth-order valence-electron chi connectivity index (χ4n) is 2.60. The highest BCUT2D eigenvalue weighted by atomic mass is 19.1. The predicted octanol–water partition coefficient (Wildman–Crippen LogP) is 2.33. The molecule has 0 atom stereocenters. The van der Waals surface area contributed by atoms with Crippen molar-refractivity contribution in [2.24, 2.45) is 11.7 Å². The van der Waals surface area contributed by atoms with E-state index in [1.807, 2.05) is 0 Å². The van der Waals surface area contributed by atoms with Crippen LogP contribution in [0, 0.1) is 27.7 Å². The molecular formula is C13H15F2N3O3. The Morgan fingerprint density at radius 3 is 2.43 bits per heavy atom. The van der Waals surface area contributed by atoms with Crippen molar-refractivity contribution >= 4 is 17.3 Å². The SMILES string of the molecule is NC(=O)C1CCC(Nc2cc(F)cc(F)c2[N+](=O)[O-])CC1. The summed E-state index contributed by atoms with van der Waals surface area (Å²) in [5, 5.41) is 13.7. The predicted molar refractivity (Wildman–Crippen MR) is 71.6 cm³/mol. The van der Waals surface area contributed by atoms with Crippen LogP contribution in [-0.2, 0) is 4.79 Å². The molecule has 0 unspecified atom stereocenters. The molecule has 0 aromatic heterocycles. The van der Waals surface area contributed by atoms with E-state index >= 15 is 0 Å². The molecule has 2 rings (SSSR count). The summed E-state index contributed by atoms with van der Waals surface area (Å²) in [6.45, 7) is 0. The zero-order chi connectivity index (χ0) is 15.6. The molecular weight excluding hydrogens is 284 g/mol. The lowest BCUT2D eigenvalue weighted by Gasteiger charge is -2.28. The molecule has 0 aliphatic heterocycles. The number of primary amides is 1. The Bertz CT molecular complexity index is 572. The van der Waals surface area contributed by atoms with Crippen molar-refractivity contribution in [1.82, 2.24) is 0 Å². The summed E-state index contributed by atoms with van der Waals surface area (Å²) >= 11 is 0. The summed E-state index contributed by atoms with van der Waals surface area (Å²) in [5.74, 6) is -2.67. The van der Waals surface area contributed by atoms with E-state index in [0.29, 0.717) is 31.7 Å². The lowest BCUT2D eigenvalue weighted by atomic mass is 9.85. The van der Waals surface area contributed by atoms with Crippen LogP contribution in [0.5, 0.6) is 0 Å². The van der Waals surface area contributed by atoms with Crippen LogP contribution >= 0.6 is 0 Å². The Kier molecular flexibility index (Phi) is 4.35. The van der Waals surface area contributed by atoms with Crippen LogP contribution in [0.25, 0.3) is 0 Å². The first-order valence-corrected chi connectivity index (χ1v) is 6.57. The summed E-state index contributed by atoms with van der Waals surface area (Å²) in [5.41, 5.74) is 4.27. The van der Waals surface area contributed by atoms with Crippen LogP contribution in [0.4, 0.5) is 20.2 Å². The molecule has 3 N–H and O–H groups in total. The Morgan fingerprint density at radius 2 is 1.90 bits per heavy atom. The fraction of sp³-hybridized carbons (Fsp3) is 0.462. The first kappa shape index (κ1) is 15.1. The van der Waals surface area contributed by atoms with E-state index in [0.717, 1.165) is 6.07 Å². The van der Waals surface area contributed by atoms with Crippen molar-refractivity contribution < 1.29 is 18.5 Å². The molecule has 0 saturated heterocycles. The number of amides is 1. The molecule has 0 spiro atoms. The van der Waals surface area contributed by atoms with Gasteiger partial charge in [-0.15, -0.1) is 0 Å². The Hall–Kier alpha value is -2.25. The topological polar surface area (TPSA) is 98.3 Å². The van der Waals surface area contributed by atoms with Gasteiger partial charge in [0.05, 0.1) is 4.92 Å². The second kappa shape index (κ2) is 6.02. The van der Waals surface area contributed by atoms with Gasteiger partial charge in [0.1, 0.15) is 11.5 Å². The number of nitrogens with zero attached hydrogens (tertiary/aromatic N) is 1. The highest BCUT2D eigenvalue weighted by Gasteiger charge is 2.28. The van der Waals surface area contributed by atoms with Crippen LogP contribution in [0.15, 0.2) is 12.1 Å². The molecule has 0 bridgehead atoms. The number of anilines is 1. The summed E-state index contributed by atoms with van der Waals surface area (Å²) in [4.78, 5) is 21.1. The maximum atomic E-state index is 13.5. The number of nitrogens with one attached hydrogen (secondary N) is 1. The van der Waals surface area contributed by atoms with Gasteiger partial charge in [-0.3, -0.25) is 14.9 Å². The molecule has 8 heteroatoms. The van der Waals surface area contributed by atoms with Gasteiger partial charge in [-0.2, -0.15) is 4.39 Å². The van der Waals surface area contributed by atoms with Crippen LogP contribution in [0.1, 0.15) is 25.7 Å². The maximum absolute atomic E-state index is 13.5. The third-order valence-corrected chi connectivity index (χ3v) is 3.70. The van der Waals surface area contributed by atoms with Gasteiger partial charge >= 0.3 is 5.69 Å². The van der Waals surface area contributed by atoms with E-state index < -0.39 is 22.2 Å². The van der Waals surface area contributed by atoms with Gasteiger partial charge in [0.15, 0.2) is 0 Å². The van der Waals surface area contributed by atoms with E-state index in [1.54, 1.807) is 0 Å². The lowest BCUT2D eigenvalue weighted by Crippen LogP contribution is -2.32. The lowest BCUT2D eigenvalue weighted by molar-refractivity contribution is -0.386. The summed E-state index contributed by atoms with van der Waals surface area (Å²) in [6, 6.07) is 1.20. The average molecular weight is 299 g/mol. The molecule has 1 aromatic rings. The van der Waals surface area contributed by atoms with Crippen molar-refractivity contribution in [2.75, 3.05) is 5.32 Å². The van der Waals surface area contributed by atoms with Crippen molar-refractivity contribution in [3.63, 3.8) is 0 Å². The highest BCUT2D eigenvalue weighted by Crippen LogP contribution is 2.32. The molecule has 1 aliphatic rings. The van der Waals surface area contributed by atoms with Crippen molar-refractivity contribution in [1.29, 1.82) is 0 Å². The first-order chi connectivity index (χ1) is 9.88. The van der Waals surface area contributed by atoms with E-state index in [2.05, 4.69) is 5.32 Å². The molecule has 114 valence electrons. The van der Waals surface area contributed by atoms with Gasteiger partial charge in [0.25, 0.3) is 0 Å². The molecule has 1 fully saturated rings. The van der Waals surface area contributed by atoms with Gasteiger partial charge in [-0.25, -0.2) is 4.39 Å². The Labute approximate surface area is 119 Å². The summed E-state index contributed by atoms with van der Waals surface area (Å²) in [7, 11) is 0. The van der Waals surface area contributed by atoms with Crippen molar-refractivity contribution in [2.45, 2.75) is 31.7 Å². The highest BCUT2D eigenvalue weighted by molar-refractivity contribution is 5.76. The Morgan fingerprint density at radius 1 is 1.29 bits per heavy atom. The number of carbonyl (C=O) groups is 1. The smallest absolute Gasteiger partial charge is 0.327 e. The summed E-state index contributed by atoms with van der Waals surface area (Å²) in [6.07, 6.45) is 2.23. The number of nitro groups is 1. The minimum atomic E-state index is -1.21. The molecule has 1 aromatic carbocycles. The zero-order valence-corrected chi connectivity index (χ0v) is 11.1. The zero-order valence-electron chi connectivity index (χ0n) is 11.1. The van der Waals surface area contributed by atoms with Gasteiger partial charge < -0.3 is 11.1 Å². The minimum absolute atomic E-state index is 0.180. The van der Waals surface area contributed by atoms with Gasteiger partial charge in [0.2, 0.25) is 11.7 Å². The standard InChI is InChI=1S/C13H15F2N3O3/c14-8-5-10(15)12(18(20)21)11(6-8)17-9-3-1-7(2-4-9)13(16)19/h5-7,9,17H,1-4H2,(H2,16,19). The van der Waals surface area contributed by atoms with Crippen molar-refractivity contribution in [3.05, 3.63) is 33.9 Å². The van der Waals surface area contributed by atoms with Crippen LogP contribution in [-0.4, -0.2) is 16.9 Å². The van der Waals surface area contributed by atoms with Gasteiger partial charge in [-0.1, -0.05) is 0 Å². The number of nitrogens with two attached hydrogens (primary N) is 1. The molecule has 1 amide bonds. The number of rotatable bonds is 4. The molecule has 0 radical (unpaired) electrons. The molecule has 1 aliphatic carbocycles. The number of halogens is 2. The minimum Gasteiger partial charge on any atom is -0.377 e. The fourth-order valence-corrected chi connectivity index (χ4v) is 2.60.